The number of nitrogens with two attached hydrogens (primary N) is 2. The summed E-state index contributed by atoms with van der Waals surface area (Å²) in [6.45, 7) is 7.47. The van der Waals surface area contributed by atoms with Crippen molar-refractivity contribution in [2.45, 2.75) is 45.3 Å². The fraction of sp³-hybridized carbons (Fsp3) is 0.500. The van der Waals surface area contributed by atoms with Gasteiger partial charge in [-0.2, -0.15) is 0 Å². The zero-order chi connectivity index (χ0) is 22.5. The number of nitrogens with zero attached hydrogens (tertiary/aromatic N) is 3. The minimum Gasteiger partial charge on any atom is -0.477 e. The summed E-state index contributed by atoms with van der Waals surface area (Å²) in [6, 6.07) is 3.83. The molecule has 0 bridgehead atoms. The van der Waals surface area contributed by atoms with Crippen molar-refractivity contribution >= 4 is 34.0 Å². The normalized spacial score (nSPS) is 20.6. The van der Waals surface area contributed by atoms with Gasteiger partial charge in [-0.15, -0.1) is 0 Å². The van der Waals surface area contributed by atoms with E-state index in [4.69, 9.17) is 16.3 Å². The smallest absolute Gasteiger partial charge is 0.341 e. The molecule has 2 aliphatic rings. The van der Waals surface area contributed by atoms with Gasteiger partial charge in [0.1, 0.15) is 11.2 Å². The molecular weight excluding hydrogens is 398 g/mol. The predicted molar refractivity (Wildman–Crippen MR) is 121 cm³/mol. The average molecular weight is 428 g/mol. The highest BCUT2D eigenvalue weighted by Gasteiger charge is 2.32. The number of carboxylic acids is 1. The van der Waals surface area contributed by atoms with Crippen LogP contribution < -0.4 is 21.8 Å². The molecule has 4 rings (SSSR count). The van der Waals surface area contributed by atoms with E-state index in [0.29, 0.717) is 25.2 Å². The molecular formula is C22H29N5O4. The van der Waals surface area contributed by atoms with Gasteiger partial charge in [0.15, 0.2) is 0 Å². The zero-order valence-corrected chi connectivity index (χ0v) is 18.1. The molecule has 0 amide bonds. The predicted octanol–water partition coefficient (Wildman–Crippen LogP) is 2.18. The molecule has 5 N–H and O–H groups in total. The topological polar surface area (TPSA) is 136 Å². The second kappa shape index (κ2) is 7.56. The summed E-state index contributed by atoms with van der Waals surface area (Å²) in [7, 11) is 0. The van der Waals surface area contributed by atoms with Gasteiger partial charge >= 0.3 is 5.97 Å². The minimum atomic E-state index is -1.24. The molecule has 1 saturated carbocycles. The lowest BCUT2D eigenvalue weighted by Gasteiger charge is -2.21. The first-order valence-electron chi connectivity index (χ1n) is 10.5. The van der Waals surface area contributed by atoms with E-state index in [1.54, 1.807) is 6.07 Å². The maximum atomic E-state index is 12.8. The number of anilines is 2. The van der Waals surface area contributed by atoms with Crippen LogP contribution in [-0.4, -0.2) is 46.6 Å². The molecule has 166 valence electrons. The molecule has 1 saturated heterocycles. The van der Waals surface area contributed by atoms with Gasteiger partial charge in [0.05, 0.1) is 23.2 Å². The van der Waals surface area contributed by atoms with E-state index in [0.717, 1.165) is 24.2 Å². The number of hydrogen-bond donors (Lipinski definition) is 3. The van der Waals surface area contributed by atoms with E-state index in [2.05, 4.69) is 10.1 Å². The Hall–Kier alpha value is -3.07. The third-order valence-corrected chi connectivity index (χ3v) is 5.67. The fourth-order valence-corrected chi connectivity index (χ4v) is 3.94. The van der Waals surface area contributed by atoms with Gasteiger partial charge in [-0.25, -0.2) is 4.79 Å². The molecule has 9 heteroatoms. The fourth-order valence-electron chi connectivity index (χ4n) is 3.94. The number of aromatic nitrogens is 1. The SMILES string of the molecule is CC(C)(C)ON=C1CN(c2cc(N)c3c(=O)c(C(=O)O)cn(C4CC4)c3c2)CC1CN. The van der Waals surface area contributed by atoms with Crippen LogP contribution in [0.15, 0.2) is 28.3 Å². The molecule has 0 radical (unpaired) electrons. The highest BCUT2D eigenvalue weighted by Crippen LogP contribution is 2.39. The summed E-state index contributed by atoms with van der Waals surface area (Å²) in [4.78, 5) is 32.1. The molecule has 31 heavy (non-hydrogen) atoms. The Morgan fingerprint density at radius 2 is 2.03 bits per heavy atom. The van der Waals surface area contributed by atoms with E-state index in [1.165, 1.54) is 6.20 Å². The van der Waals surface area contributed by atoms with Gasteiger partial charge < -0.3 is 30.9 Å². The number of fused-ring (bicyclic) bond motifs is 1. The monoisotopic (exact) mass is 427 g/mol. The number of carboxylic acid groups (broad SMARTS) is 1. The summed E-state index contributed by atoms with van der Waals surface area (Å²) >= 11 is 0. The third kappa shape index (κ3) is 4.10. The first-order valence-corrected chi connectivity index (χ1v) is 10.5. The van der Waals surface area contributed by atoms with Crippen LogP contribution in [0.4, 0.5) is 11.4 Å². The van der Waals surface area contributed by atoms with Crippen molar-refractivity contribution in [1.82, 2.24) is 4.57 Å². The van der Waals surface area contributed by atoms with Crippen LogP contribution in [0.1, 0.15) is 50.0 Å². The number of nitrogen functional groups attached to an aromatic ring is 1. The van der Waals surface area contributed by atoms with Crippen LogP contribution in [0.3, 0.4) is 0 Å². The molecule has 1 aromatic carbocycles. The van der Waals surface area contributed by atoms with Gasteiger partial charge in [-0.05, 0) is 45.7 Å². The standard InChI is InChI=1S/C22H29N5O4/c1-22(2,3)31-25-17-11-26(9-12(17)8-23)14-6-16(24)19-18(7-14)27(13-4-5-13)10-15(20(19)28)21(29)30/h6-7,10,12-13H,4-5,8-9,11,23-24H2,1-3H3,(H,29,30). The average Bonchev–Trinajstić information content (AvgIpc) is 3.44. The molecule has 2 fully saturated rings. The quantitative estimate of drug-likeness (QED) is 0.491. The van der Waals surface area contributed by atoms with Crippen LogP contribution in [0.5, 0.6) is 0 Å². The third-order valence-electron chi connectivity index (χ3n) is 5.67. The van der Waals surface area contributed by atoms with Crippen LogP contribution in [0.2, 0.25) is 0 Å². The summed E-state index contributed by atoms with van der Waals surface area (Å²) in [5, 5.41) is 14.1. The van der Waals surface area contributed by atoms with E-state index in [9.17, 15) is 14.7 Å². The molecule has 1 aromatic heterocycles. The van der Waals surface area contributed by atoms with Crippen molar-refractivity contribution in [3.05, 3.63) is 34.1 Å². The number of rotatable bonds is 5. The van der Waals surface area contributed by atoms with Crippen LogP contribution in [0, 0.1) is 5.92 Å². The Bertz CT molecular complexity index is 1130. The maximum absolute atomic E-state index is 12.8. The van der Waals surface area contributed by atoms with Crippen LogP contribution in [0.25, 0.3) is 10.9 Å². The van der Waals surface area contributed by atoms with Gasteiger partial charge in [-0.1, -0.05) is 5.16 Å². The number of carbonyl (C=O) groups is 1. The first-order chi connectivity index (χ1) is 14.6. The lowest BCUT2D eigenvalue weighted by atomic mass is 10.1. The Balaban J connectivity index is 1.78. The van der Waals surface area contributed by atoms with E-state index < -0.39 is 17.0 Å². The van der Waals surface area contributed by atoms with Gasteiger partial charge in [0.25, 0.3) is 0 Å². The second-order valence-electron chi connectivity index (χ2n) is 9.34. The van der Waals surface area contributed by atoms with Crippen molar-refractivity contribution in [3.8, 4) is 0 Å². The highest BCUT2D eigenvalue weighted by atomic mass is 16.6. The van der Waals surface area contributed by atoms with Crippen LogP contribution in [-0.2, 0) is 4.84 Å². The molecule has 1 unspecified atom stereocenters. The Labute approximate surface area is 180 Å². The molecule has 1 aliphatic heterocycles. The Morgan fingerprint density at radius 3 is 2.61 bits per heavy atom. The van der Waals surface area contributed by atoms with Crippen molar-refractivity contribution < 1.29 is 14.7 Å². The molecule has 1 atom stereocenters. The second-order valence-corrected chi connectivity index (χ2v) is 9.34. The van der Waals surface area contributed by atoms with Crippen LogP contribution >= 0.6 is 0 Å². The Kier molecular flexibility index (Phi) is 5.17. The maximum Gasteiger partial charge on any atom is 0.341 e. The molecule has 2 heterocycles. The molecule has 2 aromatic rings. The van der Waals surface area contributed by atoms with Gasteiger partial charge in [0, 0.05) is 42.6 Å². The number of benzene rings is 1. The van der Waals surface area contributed by atoms with Gasteiger partial charge in [0.2, 0.25) is 5.43 Å². The van der Waals surface area contributed by atoms with E-state index >= 15 is 0 Å². The zero-order valence-electron chi connectivity index (χ0n) is 18.1. The number of oxime groups is 1. The molecule has 0 spiro atoms. The number of hydrogen-bond acceptors (Lipinski definition) is 7. The van der Waals surface area contributed by atoms with E-state index in [-0.39, 0.29) is 28.6 Å². The summed E-state index contributed by atoms with van der Waals surface area (Å²) in [5.74, 6) is -1.19. The largest absolute Gasteiger partial charge is 0.477 e. The van der Waals surface area contributed by atoms with Crippen molar-refractivity contribution in [1.29, 1.82) is 0 Å². The van der Waals surface area contributed by atoms with Gasteiger partial charge in [-0.3, -0.25) is 4.79 Å². The Morgan fingerprint density at radius 1 is 1.32 bits per heavy atom. The first kappa shape index (κ1) is 21.2. The summed E-state index contributed by atoms with van der Waals surface area (Å²) in [5.41, 5.74) is 13.7. The lowest BCUT2D eigenvalue weighted by Crippen LogP contribution is -2.24. The van der Waals surface area contributed by atoms with Crippen molar-refractivity contribution in [2.75, 3.05) is 30.3 Å². The van der Waals surface area contributed by atoms with E-state index in [1.807, 2.05) is 31.4 Å². The minimum absolute atomic E-state index is 0.0549. The van der Waals surface area contributed by atoms with Crippen molar-refractivity contribution in [3.63, 3.8) is 0 Å². The number of aromatic carboxylic acids is 1. The molecule has 9 nitrogen and oxygen atoms in total. The summed E-state index contributed by atoms with van der Waals surface area (Å²) in [6.07, 6.45) is 3.34. The number of pyridine rings is 1. The van der Waals surface area contributed by atoms with Crippen molar-refractivity contribution in [2.24, 2.45) is 16.8 Å². The summed E-state index contributed by atoms with van der Waals surface area (Å²) < 4.78 is 1.88. The lowest BCUT2D eigenvalue weighted by molar-refractivity contribution is 0.000173. The highest BCUT2D eigenvalue weighted by molar-refractivity contribution is 6.00. The molecule has 1 aliphatic carbocycles.